The predicted molar refractivity (Wildman–Crippen MR) is 64.3 cm³/mol. The summed E-state index contributed by atoms with van der Waals surface area (Å²) >= 11 is 0. The molecule has 4 heteroatoms. The van der Waals surface area contributed by atoms with Crippen LogP contribution in [0.2, 0.25) is 0 Å². The minimum atomic E-state index is 0.243. The molecule has 90 valence electrons. The molecule has 0 aliphatic carbocycles. The smallest absolute Gasteiger partial charge is 0.249 e. The Hall–Kier alpha value is -0.870. The Balaban J connectivity index is 1.91. The minimum Gasteiger partial charge on any atom is -0.336 e. The van der Waals surface area contributed by atoms with Gasteiger partial charge in [0.05, 0.1) is 0 Å². The van der Waals surface area contributed by atoms with Gasteiger partial charge in [-0.1, -0.05) is 6.92 Å². The Bertz CT molecular complexity index is 297. The lowest BCUT2D eigenvalue weighted by molar-refractivity contribution is -0.128. The molecule has 0 unspecified atom stereocenters. The van der Waals surface area contributed by atoms with E-state index in [2.05, 4.69) is 17.1 Å². The third kappa shape index (κ3) is 2.28. The second kappa shape index (κ2) is 4.97. The lowest BCUT2D eigenvalue weighted by Gasteiger charge is -2.35. The first-order chi connectivity index (χ1) is 7.72. The monoisotopic (exact) mass is 223 g/mol. The maximum atomic E-state index is 12.1. The molecule has 0 aromatic rings. The van der Waals surface area contributed by atoms with Gasteiger partial charge in [0.25, 0.3) is 0 Å². The van der Waals surface area contributed by atoms with Crippen molar-refractivity contribution < 1.29 is 4.79 Å². The number of carbonyl (C=O) groups excluding carboxylic acids is 1. The van der Waals surface area contributed by atoms with Gasteiger partial charge in [0.15, 0.2) is 0 Å². The van der Waals surface area contributed by atoms with Crippen molar-refractivity contribution in [3.8, 4) is 0 Å². The molecule has 2 aliphatic rings. The van der Waals surface area contributed by atoms with E-state index in [4.69, 9.17) is 0 Å². The fourth-order valence-electron chi connectivity index (χ4n) is 2.17. The fraction of sp³-hybridized carbons (Fsp3) is 0.750. The van der Waals surface area contributed by atoms with E-state index >= 15 is 0 Å². The van der Waals surface area contributed by atoms with Crippen LogP contribution < -0.4 is 5.32 Å². The Kier molecular flexibility index (Phi) is 3.61. The lowest BCUT2D eigenvalue weighted by Crippen LogP contribution is -2.49. The molecule has 0 saturated carbocycles. The summed E-state index contributed by atoms with van der Waals surface area (Å²) in [5.41, 5.74) is 2.24. The van der Waals surface area contributed by atoms with Gasteiger partial charge in [-0.25, -0.2) is 0 Å². The summed E-state index contributed by atoms with van der Waals surface area (Å²) in [5, 5.41) is 3.18. The van der Waals surface area contributed by atoms with Gasteiger partial charge in [-0.3, -0.25) is 4.79 Å². The maximum Gasteiger partial charge on any atom is 0.249 e. The van der Waals surface area contributed by atoms with E-state index in [1.165, 1.54) is 5.57 Å². The van der Waals surface area contributed by atoms with Crippen LogP contribution in [-0.4, -0.2) is 61.5 Å². The number of amides is 1. The molecule has 0 bridgehead atoms. The van der Waals surface area contributed by atoms with Crippen LogP contribution in [0.1, 0.15) is 13.8 Å². The molecule has 2 aliphatic heterocycles. The van der Waals surface area contributed by atoms with Gasteiger partial charge in [-0.15, -0.1) is 0 Å². The minimum absolute atomic E-state index is 0.243. The van der Waals surface area contributed by atoms with Crippen LogP contribution >= 0.6 is 0 Å². The van der Waals surface area contributed by atoms with Crippen LogP contribution in [0.4, 0.5) is 0 Å². The second-order valence-corrected chi connectivity index (χ2v) is 4.56. The summed E-state index contributed by atoms with van der Waals surface area (Å²) in [6.45, 7) is 10.8. The molecule has 0 aromatic heterocycles. The van der Waals surface area contributed by atoms with Gasteiger partial charge < -0.3 is 15.1 Å². The van der Waals surface area contributed by atoms with E-state index in [1.807, 2.05) is 11.8 Å². The summed E-state index contributed by atoms with van der Waals surface area (Å²) in [4.78, 5) is 16.5. The summed E-state index contributed by atoms with van der Waals surface area (Å²) in [7, 11) is 0. The van der Waals surface area contributed by atoms with Crippen molar-refractivity contribution in [3.63, 3.8) is 0 Å². The Morgan fingerprint density at radius 3 is 2.31 bits per heavy atom. The molecular weight excluding hydrogens is 202 g/mol. The molecule has 0 radical (unpaired) electrons. The van der Waals surface area contributed by atoms with Gasteiger partial charge in [-0.2, -0.15) is 0 Å². The van der Waals surface area contributed by atoms with E-state index in [1.54, 1.807) is 0 Å². The zero-order valence-corrected chi connectivity index (χ0v) is 10.3. The van der Waals surface area contributed by atoms with Crippen molar-refractivity contribution in [2.75, 3.05) is 45.8 Å². The summed E-state index contributed by atoms with van der Waals surface area (Å²) in [5.74, 6) is 0.243. The quantitative estimate of drug-likeness (QED) is 0.673. The van der Waals surface area contributed by atoms with Crippen LogP contribution in [0.25, 0.3) is 0 Å². The first-order valence-corrected chi connectivity index (χ1v) is 6.13. The van der Waals surface area contributed by atoms with Gasteiger partial charge in [0, 0.05) is 44.8 Å². The highest BCUT2D eigenvalue weighted by molar-refractivity contribution is 5.94. The van der Waals surface area contributed by atoms with E-state index in [9.17, 15) is 4.79 Å². The average Bonchev–Trinajstić information content (AvgIpc) is 2.26. The normalized spacial score (nSPS) is 21.9. The number of rotatable bonds is 2. The number of piperazine rings is 1. The molecule has 1 N–H and O–H groups in total. The molecule has 2 fully saturated rings. The molecule has 2 rings (SSSR count). The van der Waals surface area contributed by atoms with Gasteiger partial charge in [0.1, 0.15) is 0 Å². The SMILES string of the molecule is CCN1CCN(C(=O)C(C)=C2CNC2)CC1. The highest BCUT2D eigenvalue weighted by atomic mass is 16.2. The van der Waals surface area contributed by atoms with Gasteiger partial charge in [-0.05, 0) is 19.0 Å². The van der Waals surface area contributed by atoms with Gasteiger partial charge >= 0.3 is 0 Å². The summed E-state index contributed by atoms with van der Waals surface area (Å²) in [6, 6.07) is 0. The molecule has 0 aromatic carbocycles. The molecule has 2 saturated heterocycles. The van der Waals surface area contributed by atoms with E-state index in [0.29, 0.717) is 0 Å². The zero-order chi connectivity index (χ0) is 11.5. The largest absolute Gasteiger partial charge is 0.336 e. The molecule has 1 amide bonds. The Labute approximate surface area is 97.3 Å². The third-order valence-electron chi connectivity index (χ3n) is 3.63. The number of hydrogen-bond donors (Lipinski definition) is 1. The first kappa shape index (κ1) is 11.6. The predicted octanol–water partition coefficient (Wildman–Crippen LogP) is 0.0702. The molecule has 0 spiro atoms. The summed E-state index contributed by atoms with van der Waals surface area (Å²) < 4.78 is 0. The van der Waals surface area contributed by atoms with E-state index in [0.717, 1.165) is 51.4 Å². The highest BCUT2D eigenvalue weighted by Crippen LogP contribution is 2.13. The number of nitrogens with zero attached hydrogens (tertiary/aromatic N) is 2. The number of likely N-dealkylation sites (N-methyl/N-ethyl adjacent to an activating group) is 1. The highest BCUT2D eigenvalue weighted by Gasteiger charge is 2.24. The molecule has 4 nitrogen and oxygen atoms in total. The topological polar surface area (TPSA) is 35.6 Å². The summed E-state index contributed by atoms with van der Waals surface area (Å²) in [6.07, 6.45) is 0. The van der Waals surface area contributed by atoms with Crippen molar-refractivity contribution in [2.45, 2.75) is 13.8 Å². The molecule has 16 heavy (non-hydrogen) atoms. The van der Waals surface area contributed by atoms with Crippen LogP contribution in [0.5, 0.6) is 0 Å². The standard InChI is InChI=1S/C12H21N3O/c1-3-14-4-6-15(7-5-14)12(16)10(2)11-8-13-9-11/h13H,3-9H2,1-2H3. The van der Waals surface area contributed by atoms with Crippen molar-refractivity contribution in [3.05, 3.63) is 11.1 Å². The molecular formula is C12H21N3O. The average molecular weight is 223 g/mol. The number of nitrogens with one attached hydrogen (secondary N) is 1. The molecule has 2 heterocycles. The van der Waals surface area contributed by atoms with E-state index < -0.39 is 0 Å². The first-order valence-electron chi connectivity index (χ1n) is 6.13. The third-order valence-corrected chi connectivity index (χ3v) is 3.63. The van der Waals surface area contributed by atoms with Crippen molar-refractivity contribution >= 4 is 5.91 Å². The van der Waals surface area contributed by atoms with Crippen molar-refractivity contribution in [1.29, 1.82) is 0 Å². The van der Waals surface area contributed by atoms with E-state index in [-0.39, 0.29) is 5.91 Å². The fourth-order valence-corrected chi connectivity index (χ4v) is 2.17. The van der Waals surface area contributed by atoms with Crippen LogP contribution in [0, 0.1) is 0 Å². The van der Waals surface area contributed by atoms with Crippen LogP contribution in [0.15, 0.2) is 11.1 Å². The van der Waals surface area contributed by atoms with Crippen LogP contribution in [0.3, 0.4) is 0 Å². The lowest BCUT2D eigenvalue weighted by atomic mass is 10.0. The van der Waals surface area contributed by atoms with Crippen molar-refractivity contribution in [2.24, 2.45) is 0 Å². The second-order valence-electron chi connectivity index (χ2n) is 4.56. The van der Waals surface area contributed by atoms with Crippen molar-refractivity contribution in [1.82, 2.24) is 15.1 Å². The Morgan fingerprint density at radius 2 is 1.88 bits per heavy atom. The van der Waals surface area contributed by atoms with Gasteiger partial charge in [0.2, 0.25) is 5.91 Å². The van der Waals surface area contributed by atoms with Crippen LogP contribution in [-0.2, 0) is 4.79 Å². The molecule has 0 atom stereocenters. The zero-order valence-electron chi connectivity index (χ0n) is 10.3. The number of carbonyl (C=O) groups is 1. The number of hydrogen-bond acceptors (Lipinski definition) is 3. The maximum absolute atomic E-state index is 12.1. The Morgan fingerprint density at radius 1 is 1.25 bits per heavy atom.